The summed E-state index contributed by atoms with van der Waals surface area (Å²) in [5.41, 5.74) is 0. The van der Waals surface area contributed by atoms with Crippen LogP contribution in [0.5, 0.6) is 0 Å². The van der Waals surface area contributed by atoms with Crippen LogP contribution >= 0.6 is 0 Å². The van der Waals surface area contributed by atoms with Crippen LogP contribution in [0.25, 0.3) is 0 Å². The van der Waals surface area contributed by atoms with Gasteiger partial charge in [-0.05, 0) is 38.5 Å². The fourth-order valence-corrected chi connectivity index (χ4v) is 5.60. The van der Waals surface area contributed by atoms with Gasteiger partial charge in [-0.1, -0.05) is 187 Å². The van der Waals surface area contributed by atoms with Crippen molar-refractivity contribution >= 4 is 5.97 Å². The summed E-state index contributed by atoms with van der Waals surface area (Å²) in [5, 5.41) is 0. The molecule has 0 saturated heterocycles. The lowest BCUT2D eigenvalue weighted by molar-refractivity contribution is -0.143. The van der Waals surface area contributed by atoms with Gasteiger partial charge in [0.15, 0.2) is 0 Å². The molecule has 0 fully saturated rings. The van der Waals surface area contributed by atoms with Gasteiger partial charge in [0, 0.05) is 6.42 Å². The first kappa shape index (κ1) is 39.2. The maximum absolute atomic E-state index is 11.9. The lowest BCUT2D eigenvalue weighted by Gasteiger charge is -2.05. The molecule has 40 heavy (non-hydrogen) atoms. The maximum Gasteiger partial charge on any atom is 0.305 e. The molecule has 0 atom stereocenters. The fraction of sp³-hybridized carbons (Fsp3) is 0.921. The summed E-state index contributed by atoms with van der Waals surface area (Å²) >= 11 is 0. The summed E-state index contributed by atoms with van der Waals surface area (Å²) in [6.07, 6.45) is 47.1. The van der Waals surface area contributed by atoms with Crippen molar-refractivity contribution in [3.63, 3.8) is 0 Å². The molecule has 0 N–H and O–H groups in total. The second kappa shape index (κ2) is 36.2. The van der Waals surface area contributed by atoms with Crippen molar-refractivity contribution in [1.29, 1.82) is 0 Å². The number of carbonyl (C=O) groups excluding carboxylic acids is 1. The van der Waals surface area contributed by atoms with Gasteiger partial charge < -0.3 is 4.74 Å². The van der Waals surface area contributed by atoms with Gasteiger partial charge in [-0.25, -0.2) is 0 Å². The smallest absolute Gasteiger partial charge is 0.305 e. The summed E-state index contributed by atoms with van der Waals surface area (Å²) in [7, 11) is 0. The highest BCUT2D eigenvalue weighted by Crippen LogP contribution is 2.15. The van der Waals surface area contributed by atoms with Gasteiger partial charge in [0.25, 0.3) is 0 Å². The number of unbranched alkanes of at least 4 members (excludes halogenated alkanes) is 28. The number of hydrogen-bond acceptors (Lipinski definition) is 2. The van der Waals surface area contributed by atoms with E-state index in [1.54, 1.807) is 0 Å². The van der Waals surface area contributed by atoms with Crippen molar-refractivity contribution in [3.8, 4) is 0 Å². The number of carbonyl (C=O) groups is 1. The van der Waals surface area contributed by atoms with E-state index >= 15 is 0 Å². The minimum Gasteiger partial charge on any atom is -0.466 e. The Labute approximate surface area is 253 Å². The second-order valence-corrected chi connectivity index (χ2v) is 12.6. The van der Waals surface area contributed by atoms with E-state index in [2.05, 4.69) is 26.0 Å². The normalized spacial score (nSPS) is 11.6. The molecule has 0 aliphatic heterocycles. The van der Waals surface area contributed by atoms with Crippen LogP contribution < -0.4 is 0 Å². The minimum atomic E-state index is 0.0219. The minimum absolute atomic E-state index is 0.0219. The van der Waals surface area contributed by atoms with Gasteiger partial charge in [0.1, 0.15) is 0 Å². The Bertz CT molecular complexity index is 498. The van der Waals surface area contributed by atoms with Crippen LogP contribution in [0.3, 0.4) is 0 Å². The van der Waals surface area contributed by atoms with Gasteiger partial charge in [0.05, 0.1) is 6.61 Å². The van der Waals surface area contributed by atoms with Gasteiger partial charge in [-0.2, -0.15) is 0 Å². The Kier molecular flexibility index (Phi) is 35.5. The Morgan fingerprint density at radius 1 is 0.400 bits per heavy atom. The Hall–Kier alpha value is -0.790. The van der Waals surface area contributed by atoms with Crippen LogP contribution in [0.2, 0.25) is 0 Å². The molecule has 0 unspecified atom stereocenters. The van der Waals surface area contributed by atoms with E-state index in [0.29, 0.717) is 13.0 Å². The molecule has 2 nitrogen and oxygen atoms in total. The third-order valence-electron chi connectivity index (χ3n) is 8.40. The largest absolute Gasteiger partial charge is 0.466 e. The zero-order valence-electron chi connectivity index (χ0n) is 27.8. The molecule has 0 aromatic rings. The van der Waals surface area contributed by atoms with Gasteiger partial charge in [-0.15, -0.1) is 0 Å². The average Bonchev–Trinajstić information content (AvgIpc) is 2.96. The molecule has 0 spiro atoms. The molecular formula is C38H74O2. The second-order valence-electron chi connectivity index (χ2n) is 12.6. The van der Waals surface area contributed by atoms with E-state index in [1.165, 1.54) is 186 Å². The first-order chi connectivity index (χ1) is 19.8. The Morgan fingerprint density at radius 3 is 1.07 bits per heavy atom. The predicted octanol–water partition coefficient (Wildman–Crippen LogP) is 13.6. The first-order valence-corrected chi connectivity index (χ1v) is 18.6. The standard InChI is InChI=1S/C38H74O2/c1-3-5-7-9-11-13-15-17-19-21-22-24-26-28-30-32-34-36-38(39)40-37-35-33-31-29-27-25-23-20-18-16-14-12-10-8-6-4-2/h18,20H,3-17,19,21-37H2,1-2H3. The molecule has 0 amide bonds. The molecule has 0 aromatic heterocycles. The molecule has 0 aromatic carbocycles. The molecule has 0 radical (unpaired) electrons. The number of rotatable bonds is 34. The average molecular weight is 563 g/mol. The van der Waals surface area contributed by atoms with Crippen molar-refractivity contribution in [2.45, 2.75) is 219 Å². The van der Waals surface area contributed by atoms with E-state index in [-0.39, 0.29) is 5.97 Å². The monoisotopic (exact) mass is 563 g/mol. The molecule has 2 heteroatoms. The molecular weight excluding hydrogens is 488 g/mol. The number of hydrogen-bond donors (Lipinski definition) is 0. The zero-order chi connectivity index (χ0) is 29.0. The van der Waals surface area contributed by atoms with Gasteiger partial charge in [-0.3, -0.25) is 4.79 Å². The highest BCUT2D eigenvalue weighted by molar-refractivity contribution is 5.69. The van der Waals surface area contributed by atoms with E-state index in [4.69, 9.17) is 4.74 Å². The van der Waals surface area contributed by atoms with Gasteiger partial charge >= 0.3 is 5.97 Å². The predicted molar refractivity (Wildman–Crippen MR) is 179 cm³/mol. The van der Waals surface area contributed by atoms with E-state index in [0.717, 1.165) is 12.8 Å². The van der Waals surface area contributed by atoms with Crippen molar-refractivity contribution in [1.82, 2.24) is 0 Å². The van der Waals surface area contributed by atoms with Crippen LogP contribution in [-0.2, 0) is 9.53 Å². The van der Waals surface area contributed by atoms with Crippen molar-refractivity contribution in [3.05, 3.63) is 12.2 Å². The maximum atomic E-state index is 11.9. The highest BCUT2D eigenvalue weighted by atomic mass is 16.5. The molecule has 0 heterocycles. The Morgan fingerprint density at radius 2 is 0.700 bits per heavy atom. The van der Waals surface area contributed by atoms with Crippen LogP contribution in [0.15, 0.2) is 12.2 Å². The summed E-state index contributed by atoms with van der Waals surface area (Å²) in [6.45, 7) is 5.20. The lowest BCUT2D eigenvalue weighted by atomic mass is 10.0. The number of ether oxygens (including phenoxy) is 1. The van der Waals surface area contributed by atoms with E-state index < -0.39 is 0 Å². The summed E-state index contributed by atoms with van der Waals surface area (Å²) in [5.74, 6) is 0.0219. The van der Waals surface area contributed by atoms with Gasteiger partial charge in [0.2, 0.25) is 0 Å². The quantitative estimate of drug-likeness (QED) is 0.0443. The highest BCUT2D eigenvalue weighted by Gasteiger charge is 2.02. The van der Waals surface area contributed by atoms with E-state index in [1.807, 2.05) is 0 Å². The fourth-order valence-electron chi connectivity index (χ4n) is 5.60. The number of allylic oxidation sites excluding steroid dienone is 2. The topological polar surface area (TPSA) is 26.3 Å². The summed E-state index contributed by atoms with van der Waals surface area (Å²) in [6, 6.07) is 0. The summed E-state index contributed by atoms with van der Waals surface area (Å²) < 4.78 is 5.44. The van der Waals surface area contributed by atoms with Crippen LogP contribution in [-0.4, -0.2) is 12.6 Å². The molecule has 0 aliphatic rings. The number of esters is 1. The third kappa shape index (κ3) is 35.2. The van der Waals surface area contributed by atoms with Crippen molar-refractivity contribution in [2.75, 3.05) is 6.61 Å². The molecule has 0 bridgehead atoms. The van der Waals surface area contributed by atoms with Crippen molar-refractivity contribution < 1.29 is 9.53 Å². The third-order valence-corrected chi connectivity index (χ3v) is 8.40. The lowest BCUT2D eigenvalue weighted by Crippen LogP contribution is -2.05. The van der Waals surface area contributed by atoms with Crippen LogP contribution in [0.4, 0.5) is 0 Å². The van der Waals surface area contributed by atoms with E-state index in [9.17, 15) is 4.79 Å². The molecule has 0 aliphatic carbocycles. The van der Waals surface area contributed by atoms with Crippen LogP contribution in [0, 0.1) is 0 Å². The molecule has 238 valence electrons. The summed E-state index contributed by atoms with van der Waals surface area (Å²) in [4.78, 5) is 11.9. The first-order valence-electron chi connectivity index (χ1n) is 18.6. The zero-order valence-corrected chi connectivity index (χ0v) is 27.8. The Balaban J connectivity index is 3.18. The van der Waals surface area contributed by atoms with Crippen LogP contribution in [0.1, 0.15) is 219 Å². The molecule has 0 rings (SSSR count). The van der Waals surface area contributed by atoms with Crippen molar-refractivity contribution in [2.24, 2.45) is 0 Å². The molecule has 0 saturated carbocycles. The SMILES string of the molecule is CCCCCCCCC=CCCCCCCCCOC(=O)CCCCCCCCCCCCCCCCCCC.